The molecule has 0 aliphatic rings. The molecule has 0 aromatic carbocycles. The summed E-state index contributed by atoms with van der Waals surface area (Å²) in [6.07, 6.45) is 1.58. The largest absolute Gasteiger partial charge is 0.359 e. The molecule has 8 heteroatoms. The van der Waals surface area contributed by atoms with E-state index < -0.39 is 4.92 Å². The minimum absolute atomic E-state index is 0.00240. The van der Waals surface area contributed by atoms with E-state index in [4.69, 9.17) is 0 Å². The molecule has 2 rings (SSSR count). The van der Waals surface area contributed by atoms with Crippen LogP contribution in [0.2, 0.25) is 0 Å². The van der Waals surface area contributed by atoms with Gasteiger partial charge < -0.3 is 5.32 Å². The second-order valence-electron chi connectivity index (χ2n) is 4.65. The molecule has 0 aliphatic heterocycles. The van der Waals surface area contributed by atoms with Gasteiger partial charge in [-0.2, -0.15) is 15.3 Å². The topological polar surface area (TPSA) is 98.8 Å². The van der Waals surface area contributed by atoms with Crippen LogP contribution < -0.4 is 5.32 Å². The highest BCUT2D eigenvalue weighted by Gasteiger charge is 2.26. The Labute approximate surface area is 116 Å². The van der Waals surface area contributed by atoms with E-state index >= 15 is 0 Å². The molecule has 2 aromatic rings. The van der Waals surface area contributed by atoms with Gasteiger partial charge in [-0.15, -0.1) is 0 Å². The van der Waals surface area contributed by atoms with Gasteiger partial charge in [0.25, 0.3) is 0 Å². The van der Waals surface area contributed by atoms with E-state index in [-0.39, 0.29) is 11.7 Å². The molecule has 0 spiro atoms. The smallest absolute Gasteiger partial charge is 0.333 e. The van der Waals surface area contributed by atoms with Crippen molar-refractivity contribution >= 4 is 11.5 Å². The van der Waals surface area contributed by atoms with Gasteiger partial charge in [0, 0.05) is 12.2 Å². The van der Waals surface area contributed by atoms with Crippen molar-refractivity contribution in [2.45, 2.75) is 33.4 Å². The molecule has 106 valence electrons. The highest BCUT2D eigenvalue weighted by molar-refractivity contribution is 5.59. The molecule has 0 atom stereocenters. The second-order valence-corrected chi connectivity index (χ2v) is 4.65. The van der Waals surface area contributed by atoms with E-state index in [0.717, 1.165) is 0 Å². The van der Waals surface area contributed by atoms with Gasteiger partial charge in [0.2, 0.25) is 5.82 Å². The van der Waals surface area contributed by atoms with E-state index in [0.29, 0.717) is 23.8 Å². The summed E-state index contributed by atoms with van der Waals surface area (Å²) in [5.41, 5.74) is 1.10. The maximum absolute atomic E-state index is 11.2. The van der Waals surface area contributed by atoms with Crippen molar-refractivity contribution in [1.82, 2.24) is 20.0 Å². The van der Waals surface area contributed by atoms with Gasteiger partial charge in [0.05, 0.1) is 17.2 Å². The SMILES string of the molecule is Cc1nn(C(C)C)c(NCc2cccnn2)c1[N+](=O)[O-]. The van der Waals surface area contributed by atoms with Crippen LogP contribution in [0.1, 0.15) is 31.3 Å². The van der Waals surface area contributed by atoms with Crippen LogP contribution in [-0.4, -0.2) is 24.9 Å². The summed E-state index contributed by atoms with van der Waals surface area (Å²) in [5.74, 6) is 0.396. The van der Waals surface area contributed by atoms with Crippen molar-refractivity contribution < 1.29 is 4.92 Å². The third-order valence-electron chi connectivity index (χ3n) is 2.79. The van der Waals surface area contributed by atoms with Gasteiger partial charge in [0.15, 0.2) is 0 Å². The Morgan fingerprint density at radius 1 is 1.50 bits per heavy atom. The number of hydrogen-bond donors (Lipinski definition) is 1. The summed E-state index contributed by atoms with van der Waals surface area (Å²) in [4.78, 5) is 10.8. The first-order chi connectivity index (χ1) is 9.50. The van der Waals surface area contributed by atoms with Crippen molar-refractivity contribution in [3.63, 3.8) is 0 Å². The lowest BCUT2D eigenvalue weighted by Crippen LogP contribution is -2.11. The molecule has 20 heavy (non-hydrogen) atoms. The molecule has 0 radical (unpaired) electrons. The van der Waals surface area contributed by atoms with E-state index in [2.05, 4.69) is 20.6 Å². The Hall–Kier alpha value is -2.51. The van der Waals surface area contributed by atoms with Gasteiger partial charge in [-0.25, -0.2) is 4.68 Å². The molecule has 0 saturated heterocycles. The standard InChI is InChI=1S/C12H16N6O2/c1-8(2)17-12(11(18(19)20)9(3)16-17)13-7-10-5-4-6-14-15-10/h4-6,8,13H,7H2,1-3H3. The van der Waals surface area contributed by atoms with Crippen LogP contribution in [0.5, 0.6) is 0 Å². The molecule has 8 nitrogen and oxygen atoms in total. The van der Waals surface area contributed by atoms with E-state index in [1.807, 2.05) is 13.8 Å². The average Bonchev–Trinajstić information content (AvgIpc) is 2.74. The number of hydrogen-bond acceptors (Lipinski definition) is 6. The normalized spacial score (nSPS) is 10.8. The second kappa shape index (κ2) is 5.64. The van der Waals surface area contributed by atoms with Crippen LogP contribution in [0, 0.1) is 17.0 Å². The van der Waals surface area contributed by atoms with Crippen molar-refractivity contribution in [1.29, 1.82) is 0 Å². The Bertz CT molecular complexity index is 608. The Morgan fingerprint density at radius 3 is 2.80 bits per heavy atom. The van der Waals surface area contributed by atoms with Crippen LogP contribution >= 0.6 is 0 Å². The van der Waals surface area contributed by atoms with Crippen LogP contribution in [-0.2, 0) is 6.54 Å². The molecule has 0 saturated carbocycles. The van der Waals surface area contributed by atoms with Gasteiger partial charge in [0.1, 0.15) is 5.69 Å². The fourth-order valence-corrected chi connectivity index (χ4v) is 1.90. The number of aromatic nitrogens is 4. The molecule has 0 fully saturated rings. The van der Waals surface area contributed by atoms with E-state index in [9.17, 15) is 10.1 Å². The van der Waals surface area contributed by atoms with E-state index in [1.165, 1.54) is 0 Å². The number of rotatable bonds is 5. The maximum Gasteiger partial charge on any atom is 0.333 e. The first kappa shape index (κ1) is 13.9. The number of nitrogens with zero attached hydrogens (tertiary/aromatic N) is 5. The minimum Gasteiger partial charge on any atom is -0.359 e. The summed E-state index contributed by atoms with van der Waals surface area (Å²) in [6.45, 7) is 5.82. The quantitative estimate of drug-likeness (QED) is 0.663. The van der Waals surface area contributed by atoms with E-state index in [1.54, 1.807) is 29.9 Å². The van der Waals surface area contributed by atoms with Gasteiger partial charge in [-0.1, -0.05) is 0 Å². The zero-order chi connectivity index (χ0) is 14.7. The Balaban J connectivity index is 2.31. The lowest BCUT2D eigenvalue weighted by Gasteiger charge is -2.11. The third kappa shape index (κ3) is 2.73. The van der Waals surface area contributed by atoms with Crippen LogP contribution in [0.4, 0.5) is 11.5 Å². The van der Waals surface area contributed by atoms with Gasteiger partial charge >= 0.3 is 5.69 Å². The predicted molar refractivity (Wildman–Crippen MR) is 73.4 cm³/mol. The molecule has 0 bridgehead atoms. The van der Waals surface area contributed by atoms with Gasteiger partial charge in [-0.3, -0.25) is 10.1 Å². The predicted octanol–water partition coefficient (Wildman–Crippen LogP) is 2.08. The Morgan fingerprint density at radius 2 is 2.25 bits per heavy atom. The molecule has 0 unspecified atom stereocenters. The summed E-state index contributed by atoms with van der Waals surface area (Å²) in [7, 11) is 0. The monoisotopic (exact) mass is 276 g/mol. The Kier molecular flexibility index (Phi) is 3.92. The minimum atomic E-state index is -0.416. The molecule has 2 heterocycles. The average molecular weight is 276 g/mol. The summed E-state index contributed by atoms with van der Waals surface area (Å²) >= 11 is 0. The number of aryl methyl sites for hydroxylation is 1. The maximum atomic E-state index is 11.2. The number of anilines is 1. The van der Waals surface area contributed by atoms with Crippen molar-refractivity contribution in [3.05, 3.63) is 39.8 Å². The van der Waals surface area contributed by atoms with Crippen LogP contribution in [0.3, 0.4) is 0 Å². The zero-order valence-electron chi connectivity index (χ0n) is 11.6. The van der Waals surface area contributed by atoms with Gasteiger partial charge in [-0.05, 0) is 32.9 Å². The molecule has 0 aliphatic carbocycles. The summed E-state index contributed by atoms with van der Waals surface area (Å²) in [5, 5.41) is 26.1. The lowest BCUT2D eigenvalue weighted by atomic mass is 10.3. The molecular formula is C12H16N6O2. The van der Waals surface area contributed by atoms with Crippen molar-refractivity contribution in [3.8, 4) is 0 Å². The number of nitro groups is 1. The van der Waals surface area contributed by atoms with Crippen molar-refractivity contribution in [2.24, 2.45) is 0 Å². The fourth-order valence-electron chi connectivity index (χ4n) is 1.90. The third-order valence-corrected chi connectivity index (χ3v) is 2.79. The highest BCUT2D eigenvalue weighted by atomic mass is 16.6. The first-order valence-electron chi connectivity index (χ1n) is 6.24. The fraction of sp³-hybridized carbons (Fsp3) is 0.417. The molecule has 1 N–H and O–H groups in total. The summed E-state index contributed by atoms with van der Waals surface area (Å²) < 4.78 is 1.61. The van der Waals surface area contributed by atoms with Crippen molar-refractivity contribution in [2.75, 3.05) is 5.32 Å². The summed E-state index contributed by atoms with van der Waals surface area (Å²) in [6, 6.07) is 3.59. The highest BCUT2D eigenvalue weighted by Crippen LogP contribution is 2.30. The van der Waals surface area contributed by atoms with Crippen LogP contribution in [0.15, 0.2) is 18.3 Å². The lowest BCUT2D eigenvalue weighted by molar-refractivity contribution is -0.384. The number of nitrogens with one attached hydrogen (secondary N) is 1. The zero-order valence-corrected chi connectivity index (χ0v) is 11.6. The molecule has 0 amide bonds. The molecular weight excluding hydrogens is 260 g/mol. The molecule has 2 aromatic heterocycles. The van der Waals surface area contributed by atoms with Crippen LogP contribution in [0.25, 0.3) is 0 Å². The first-order valence-corrected chi connectivity index (χ1v) is 6.24.